The van der Waals surface area contributed by atoms with Crippen LogP contribution in [-0.2, 0) is 11.4 Å². The molecule has 9 heteroatoms. The SMILES string of the molecule is O=C1/C(=C\c2cc(Br)c(OCc3ccccc3F)c(Br)c2)SC(=S)N1c1cccc(F)c1. The van der Waals surface area contributed by atoms with Crippen LogP contribution in [0.1, 0.15) is 11.1 Å². The molecule has 1 saturated heterocycles. The highest BCUT2D eigenvalue weighted by molar-refractivity contribution is 9.11. The van der Waals surface area contributed by atoms with Crippen molar-refractivity contribution in [2.24, 2.45) is 0 Å². The molecular formula is C23H13Br2F2NO2S2. The first-order valence-corrected chi connectivity index (χ1v) is 12.0. The van der Waals surface area contributed by atoms with Gasteiger partial charge in [-0.15, -0.1) is 0 Å². The number of thiocarbonyl (C=S) groups is 1. The first-order chi connectivity index (χ1) is 15.3. The van der Waals surface area contributed by atoms with Crippen LogP contribution in [0.5, 0.6) is 5.75 Å². The van der Waals surface area contributed by atoms with Crippen molar-refractivity contribution in [3.05, 3.63) is 97.3 Å². The maximum absolute atomic E-state index is 13.8. The van der Waals surface area contributed by atoms with Crippen LogP contribution >= 0.6 is 55.8 Å². The Morgan fingerprint density at radius 3 is 2.44 bits per heavy atom. The van der Waals surface area contributed by atoms with E-state index in [0.29, 0.717) is 35.2 Å². The highest BCUT2D eigenvalue weighted by atomic mass is 79.9. The number of hydrogen-bond acceptors (Lipinski definition) is 4. The van der Waals surface area contributed by atoms with Crippen LogP contribution in [0.25, 0.3) is 6.08 Å². The summed E-state index contributed by atoms with van der Waals surface area (Å²) in [6, 6.07) is 15.7. The Kier molecular flexibility index (Phi) is 7.09. The minimum atomic E-state index is -0.445. The lowest BCUT2D eigenvalue weighted by Crippen LogP contribution is -2.27. The molecule has 0 spiro atoms. The molecule has 1 aliphatic heterocycles. The number of hydrogen-bond donors (Lipinski definition) is 0. The predicted molar refractivity (Wildman–Crippen MR) is 135 cm³/mol. The first-order valence-electron chi connectivity index (χ1n) is 9.22. The zero-order valence-electron chi connectivity index (χ0n) is 16.2. The van der Waals surface area contributed by atoms with E-state index in [2.05, 4.69) is 31.9 Å². The van der Waals surface area contributed by atoms with Gasteiger partial charge in [-0.2, -0.15) is 0 Å². The fourth-order valence-electron chi connectivity index (χ4n) is 3.02. The molecule has 3 aromatic rings. The Morgan fingerprint density at radius 1 is 1.03 bits per heavy atom. The van der Waals surface area contributed by atoms with E-state index in [1.165, 1.54) is 29.2 Å². The summed E-state index contributed by atoms with van der Waals surface area (Å²) in [5.41, 5.74) is 1.55. The zero-order valence-corrected chi connectivity index (χ0v) is 21.0. The summed E-state index contributed by atoms with van der Waals surface area (Å²) < 4.78 is 34.8. The molecule has 1 aliphatic rings. The van der Waals surface area contributed by atoms with E-state index in [0.717, 1.165) is 17.3 Å². The lowest BCUT2D eigenvalue weighted by Gasteiger charge is -2.14. The quantitative estimate of drug-likeness (QED) is 0.226. The second-order valence-electron chi connectivity index (χ2n) is 6.69. The largest absolute Gasteiger partial charge is 0.486 e. The molecule has 0 aromatic heterocycles. The van der Waals surface area contributed by atoms with Gasteiger partial charge in [0.25, 0.3) is 5.91 Å². The van der Waals surface area contributed by atoms with Crippen molar-refractivity contribution < 1.29 is 18.3 Å². The molecule has 1 heterocycles. The summed E-state index contributed by atoms with van der Waals surface area (Å²) in [6.45, 7) is 0.0650. The van der Waals surface area contributed by atoms with E-state index in [-0.39, 0.29) is 18.3 Å². The molecule has 3 aromatic carbocycles. The molecule has 32 heavy (non-hydrogen) atoms. The molecule has 0 atom stereocenters. The van der Waals surface area contributed by atoms with Gasteiger partial charge in [0.1, 0.15) is 24.0 Å². The van der Waals surface area contributed by atoms with Crippen LogP contribution in [0.3, 0.4) is 0 Å². The van der Waals surface area contributed by atoms with Gasteiger partial charge in [-0.1, -0.05) is 48.2 Å². The number of amides is 1. The van der Waals surface area contributed by atoms with Crippen molar-refractivity contribution >= 4 is 77.8 Å². The molecule has 0 unspecified atom stereocenters. The average molecular weight is 597 g/mol. The summed E-state index contributed by atoms with van der Waals surface area (Å²) in [7, 11) is 0. The predicted octanol–water partition coefficient (Wildman–Crippen LogP) is 7.47. The van der Waals surface area contributed by atoms with Crippen LogP contribution < -0.4 is 9.64 Å². The lowest BCUT2D eigenvalue weighted by molar-refractivity contribution is -0.113. The van der Waals surface area contributed by atoms with Crippen molar-refractivity contribution in [1.82, 2.24) is 0 Å². The van der Waals surface area contributed by atoms with Gasteiger partial charge in [-0.05, 0) is 79.9 Å². The second kappa shape index (κ2) is 9.82. The van der Waals surface area contributed by atoms with Gasteiger partial charge >= 0.3 is 0 Å². The fraction of sp³-hybridized carbons (Fsp3) is 0.0435. The van der Waals surface area contributed by atoms with E-state index in [9.17, 15) is 13.6 Å². The maximum atomic E-state index is 13.8. The summed E-state index contributed by atoms with van der Waals surface area (Å²) in [4.78, 5) is 14.6. The highest BCUT2D eigenvalue weighted by Gasteiger charge is 2.33. The summed E-state index contributed by atoms with van der Waals surface area (Å²) in [5.74, 6) is -0.591. The number of ether oxygens (including phenoxy) is 1. The van der Waals surface area contributed by atoms with Gasteiger partial charge < -0.3 is 4.74 Å². The number of thioether (sulfide) groups is 1. The normalized spacial score (nSPS) is 15.0. The summed E-state index contributed by atoms with van der Waals surface area (Å²) >= 11 is 13.4. The molecule has 0 radical (unpaired) electrons. The minimum absolute atomic E-state index is 0.0650. The fourth-order valence-corrected chi connectivity index (χ4v) is 5.77. The maximum Gasteiger partial charge on any atom is 0.270 e. The third kappa shape index (κ3) is 4.96. The zero-order chi connectivity index (χ0) is 22.8. The van der Waals surface area contributed by atoms with Gasteiger partial charge in [-0.25, -0.2) is 8.78 Å². The monoisotopic (exact) mass is 595 g/mol. The molecule has 162 valence electrons. The van der Waals surface area contributed by atoms with Crippen LogP contribution in [0, 0.1) is 11.6 Å². The first kappa shape index (κ1) is 23.1. The Hall–Kier alpha value is -2.07. The van der Waals surface area contributed by atoms with Crippen molar-refractivity contribution in [1.29, 1.82) is 0 Å². The van der Waals surface area contributed by atoms with Crippen LogP contribution in [0.15, 0.2) is 74.5 Å². The molecule has 1 amide bonds. The molecule has 3 nitrogen and oxygen atoms in total. The lowest BCUT2D eigenvalue weighted by atomic mass is 10.2. The standard InChI is InChI=1S/C23H13Br2F2NO2S2/c24-17-8-13(9-18(25)21(17)30-12-14-4-1-2-7-19(14)27)10-20-22(29)28(23(31)32-20)16-6-3-5-15(26)11-16/h1-11H,12H2/b20-10+. The van der Waals surface area contributed by atoms with Gasteiger partial charge in [0.2, 0.25) is 0 Å². The third-order valence-electron chi connectivity index (χ3n) is 4.51. The molecule has 0 aliphatic carbocycles. The van der Waals surface area contributed by atoms with Crippen molar-refractivity contribution in [2.75, 3.05) is 4.90 Å². The summed E-state index contributed by atoms with van der Waals surface area (Å²) in [5, 5.41) is 0. The van der Waals surface area contributed by atoms with Gasteiger partial charge in [-0.3, -0.25) is 9.69 Å². The Labute approximate surface area is 209 Å². The molecule has 0 N–H and O–H groups in total. The van der Waals surface area contributed by atoms with Gasteiger partial charge in [0, 0.05) is 5.56 Å². The highest BCUT2D eigenvalue weighted by Crippen LogP contribution is 2.39. The third-order valence-corrected chi connectivity index (χ3v) is 6.99. The number of benzene rings is 3. The molecule has 4 rings (SSSR count). The second-order valence-corrected chi connectivity index (χ2v) is 10.1. The van der Waals surface area contributed by atoms with E-state index in [1.54, 1.807) is 42.5 Å². The van der Waals surface area contributed by atoms with E-state index < -0.39 is 5.82 Å². The molecular weight excluding hydrogens is 584 g/mol. The van der Waals surface area contributed by atoms with E-state index in [4.69, 9.17) is 17.0 Å². The van der Waals surface area contributed by atoms with Crippen LogP contribution in [-0.4, -0.2) is 10.2 Å². The van der Waals surface area contributed by atoms with E-state index in [1.807, 2.05) is 0 Å². The smallest absolute Gasteiger partial charge is 0.270 e. The number of carbonyl (C=O) groups is 1. The topological polar surface area (TPSA) is 29.5 Å². The number of anilines is 1. The average Bonchev–Trinajstić information content (AvgIpc) is 3.01. The number of halogens is 4. The number of nitrogens with zero attached hydrogens (tertiary/aromatic N) is 1. The molecule has 0 bridgehead atoms. The summed E-state index contributed by atoms with van der Waals surface area (Å²) in [6.07, 6.45) is 1.70. The minimum Gasteiger partial charge on any atom is -0.486 e. The molecule has 0 saturated carbocycles. The van der Waals surface area contributed by atoms with Gasteiger partial charge in [0.15, 0.2) is 4.32 Å². The van der Waals surface area contributed by atoms with Crippen molar-refractivity contribution in [3.63, 3.8) is 0 Å². The number of carbonyl (C=O) groups excluding carboxylic acids is 1. The Balaban J connectivity index is 1.56. The van der Waals surface area contributed by atoms with E-state index >= 15 is 0 Å². The van der Waals surface area contributed by atoms with Crippen molar-refractivity contribution in [3.8, 4) is 5.75 Å². The van der Waals surface area contributed by atoms with Crippen molar-refractivity contribution in [2.45, 2.75) is 6.61 Å². The van der Waals surface area contributed by atoms with Crippen LogP contribution in [0.2, 0.25) is 0 Å². The van der Waals surface area contributed by atoms with Gasteiger partial charge in [0.05, 0.1) is 19.5 Å². The molecule has 1 fully saturated rings. The Morgan fingerprint density at radius 2 is 1.75 bits per heavy atom. The Bertz CT molecular complexity index is 1240. The number of rotatable bonds is 5. The van der Waals surface area contributed by atoms with Crippen LogP contribution in [0.4, 0.5) is 14.5 Å².